The van der Waals surface area contributed by atoms with Crippen molar-refractivity contribution in [3.05, 3.63) is 166 Å². The third-order valence-electron chi connectivity index (χ3n) is 9.22. The molecule has 43 heavy (non-hydrogen) atoms. The van der Waals surface area contributed by atoms with E-state index in [1.54, 1.807) is 0 Å². The lowest BCUT2D eigenvalue weighted by Gasteiger charge is -2.37. The summed E-state index contributed by atoms with van der Waals surface area (Å²) in [6.07, 6.45) is 0. The highest BCUT2D eigenvalue weighted by atomic mass is 16.3. The molecule has 1 aliphatic carbocycles. The average Bonchev–Trinajstić information content (AvgIpc) is 3.33. The van der Waals surface area contributed by atoms with Crippen LogP contribution in [0.3, 0.4) is 0 Å². The quantitative estimate of drug-likeness (QED) is 0.226. The summed E-state index contributed by atoms with van der Waals surface area (Å²) in [4.78, 5) is 0. The molecule has 0 amide bonds. The van der Waals surface area contributed by atoms with Gasteiger partial charge in [-0.25, -0.2) is 0 Å². The summed E-state index contributed by atoms with van der Waals surface area (Å²) in [5.41, 5.74) is 14.6. The van der Waals surface area contributed by atoms with Gasteiger partial charge >= 0.3 is 0 Å². The van der Waals surface area contributed by atoms with Crippen LogP contribution in [0, 0.1) is 27.7 Å². The molecular formula is C41H34O2. The molecule has 0 bridgehead atoms. The number of rotatable bonds is 4. The fraction of sp³-hybridized carbons (Fsp3) is 0.122. The van der Waals surface area contributed by atoms with E-state index < -0.39 is 5.41 Å². The molecule has 0 spiro atoms. The van der Waals surface area contributed by atoms with E-state index in [2.05, 4.69) is 121 Å². The third kappa shape index (κ3) is 3.94. The zero-order chi connectivity index (χ0) is 29.9. The molecule has 0 saturated heterocycles. The third-order valence-corrected chi connectivity index (χ3v) is 9.22. The van der Waals surface area contributed by atoms with Gasteiger partial charge in [-0.05, 0) is 130 Å². The van der Waals surface area contributed by atoms with Crippen LogP contribution in [-0.2, 0) is 5.41 Å². The van der Waals surface area contributed by atoms with E-state index in [4.69, 9.17) is 0 Å². The Hall–Kier alpha value is -5.08. The van der Waals surface area contributed by atoms with Crippen molar-refractivity contribution in [2.75, 3.05) is 0 Å². The standard InChI is InChI=1S/C41H34O2/c1-25-21-29(22-26(2)39(25)42)31-13-5-9-17-35(31)41(37-19-11-7-15-33(37)34-16-8-12-20-38(34)41)36-18-10-6-14-32(36)30-23-27(3)40(43)28(4)24-30/h5-24,42-43H,1-4H3. The Bertz CT molecular complexity index is 1850. The largest absolute Gasteiger partial charge is 0.507 e. The Labute approximate surface area is 253 Å². The SMILES string of the molecule is Cc1cc(-c2ccccc2C2(c3ccccc3-c3cc(C)c(O)c(C)c3)c3ccccc3-c3ccccc32)cc(C)c1O. The van der Waals surface area contributed by atoms with Crippen molar-refractivity contribution in [3.8, 4) is 44.9 Å². The first-order valence-electron chi connectivity index (χ1n) is 14.8. The smallest absolute Gasteiger partial charge is 0.121 e. The number of phenolic OH excluding ortho intramolecular Hbond substituents is 2. The first kappa shape index (κ1) is 26.8. The van der Waals surface area contributed by atoms with Crippen molar-refractivity contribution in [1.29, 1.82) is 0 Å². The number of hydrogen-bond acceptors (Lipinski definition) is 2. The molecule has 1 aliphatic rings. The van der Waals surface area contributed by atoms with E-state index >= 15 is 0 Å². The maximum absolute atomic E-state index is 10.7. The van der Waals surface area contributed by atoms with Crippen molar-refractivity contribution in [3.63, 3.8) is 0 Å². The summed E-state index contributed by atoms with van der Waals surface area (Å²) < 4.78 is 0. The van der Waals surface area contributed by atoms with Gasteiger partial charge in [-0.1, -0.05) is 97.1 Å². The molecule has 2 heteroatoms. The van der Waals surface area contributed by atoms with Crippen LogP contribution in [0.15, 0.2) is 121 Å². The van der Waals surface area contributed by atoms with Gasteiger partial charge in [-0.15, -0.1) is 0 Å². The van der Waals surface area contributed by atoms with E-state index in [1.807, 2.05) is 27.7 Å². The summed E-state index contributed by atoms with van der Waals surface area (Å²) in [5.74, 6) is 0.687. The number of aromatic hydroxyl groups is 2. The zero-order valence-corrected chi connectivity index (χ0v) is 24.9. The van der Waals surface area contributed by atoms with Crippen LogP contribution in [0.4, 0.5) is 0 Å². The predicted octanol–water partition coefficient (Wildman–Crippen LogP) is 10.0. The molecule has 0 heterocycles. The molecule has 6 aromatic carbocycles. The molecule has 0 atom stereocenters. The van der Waals surface area contributed by atoms with Crippen LogP contribution in [-0.4, -0.2) is 10.2 Å². The molecule has 0 radical (unpaired) electrons. The Balaban J connectivity index is 1.65. The second kappa shape index (κ2) is 10.0. The van der Waals surface area contributed by atoms with Gasteiger partial charge in [-0.3, -0.25) is 0 Å². The lowest BCUT2D eigenvalue weighted by atomic mass is 9.64. The second-order valence-corrected chi connectivity index (χ2v) is 11.8. The Morgan fingerprint density at radius 1 is 0.372 bits per heavy atom. The van der Waals surface area contributed by atoms with E-state index in [9.17, 15) is 10.2 Å². The number of benzene rings is 6. The van der Waals surface area contributed by atoms with Crippen molar-refractivity contribution in [1.82, 2.24) is 0 Å². The molecule has 0 aromatic heterocycles. The van der Waals surface area contributed by atoms with Gasteiger partial charge in [0.05, 0.1) is 5.41 Å². The van der Waals surface area contributed by atoms with Crippen LogP contribution in [0.5, 0.6) is 11.5 Å². The summed E-state index contributed by atoms with van der Waals surface area (Å²) in [5, 5.41) is 21.3. The number of fused-ring (bicyclic) bond motifs is 3. The first-order chi connectivity index (χ1) is 20.8. The average molecular weight is 559 g/mol. The van der Waals surface area contributed by atoms with E-state index in [0.717, 1.165) is 44.5 Å². The van der Waals surface area contributed by atoms with Gasteiger partial charge in [0, 0.05) is 0 Å². The second-order valence-electron chi connectivity index (χ2n) is 11.8. The van der Waals surface area contributed by atoms with E-state index in [-0.39, 0.29) is 0 Å². The molecule has 2 nitrogen and oxygen atoms in total. The monoisotopic (exact) mass is 558 g/mol. The van der Waals surface area contributed by atoms with Gasteiger partial charge in [0.25, 0.3) is 0 Å². The van der Waals surface area contributed by atoms with Crippen LogP contribution >= 0.6 is 0 Å². The fourth-order valence-corrected chi connectivity index (χ4v) is 7.31. The molecule has 6 aromatic rings. The maximum atomic E-state index is 10.7. The zero-order valence-electron chi connectivity index (χ0n) is 24.9. The summed E-state index contributed by atoms with van der Waals surface area (Å²) in [6.45, 7) is 7.87. The Kier molecular flexibility index (Phi) is 6.25. The minimum Gasteiger partial charge on any atom is -0.507 e. The Morgan fingerprint density at radius 2 is 0.628 bits per heavy atom. The highest BCUT2D eigenvalue weighted by Crippen LogP contribution is 2.59. The summed E-state index contributed by atoms with van der Waals surface area (Å²) in [7, 11) is 0. The normalized spacial score (nSPS) is 13.0. The van der Waals surface area contributed by atoms with Crippen molar-refractivity contribution < 1.29 is 10.2 Å². The first-order valence-corrected chi connectivity index (χ1v) is 14.8. The van der Waals surface area contributed by atoms with Gasteiger partial charge in [0.2, 0.25) is 0 Å². The molecule has 0 saturated carbocycles. The lowest BCUT2D eigenvalue weighted by molar-refractivity contribution is 0.466. The van der Waals surface area contributed by atoms with Crippen LogP contribution in [0.1, 0.15) is 44.5 Å². The molecule has 0 aliphatic heterocycles. The molecule has 0 unspecified atom stereocenters. The van der Waals surface area contributed by atoms with Crippen LogP contribution < -0.4 is 0 Å². The highest BCUT2D eigenvalue weighted by molar-refractivity contribution is 5.91. The molecule has 2 N–H and O–H groups in total. The highest BCUT2D eigenvalue weighted by Gasteiger charge is 2.48. The molecule has 7 rings (SSSR count). The molecule has 0 fully saturated rings. The van der Waals surface area contributed by atoms with Gasteiger partial charge in [0.1, 0.15) is 11.5 Å². The molecular weight excluding hydrogens is 524 g/mol. The summed E-state index contributed by atoms with van der Waals surface area (Å²) in [6, 6.07) is 43.4. The minimum atomic E-state index is -0.625. The fourth-order valence-electron chi connectivity index (χ4n) is 7.31. The van der Waals surface area contributed by atoms with Crippen LogP contribution in [0.25, 0.3) is 33.4 Å². The van der Waals surface area contributed by atoms with E-state index in [1.165, 1.54) is 33.4 Å². The lowest BCUT2D eigenvalue weighted by Crippen LogP contribution is -2.30. The molecule has 210 valence electrons. The van der Waals surface area contributed by atoms with Crippen molar-refractivity contribution >= 4 is 0 Å². The summed E-state index contributed by atoms with van der Waals surface area (Å²) >= 11 is 0. The van der Waals surface area contributed by atoms with Crippen LogP contribution in [0.2, 0.25) is 0 Å². The predicted molar refractivity (Wildman–Crippen MR) is 177 cm³/mol. The number of aryl methyl sites for hydroxylation is 4. The number of phenols is 2. The maximum Gasteiger partial charge on any atom is 0.121 e. The van der Waals surface area contributed by atoms with E-state index in [0.29, 0.717) is 11.5 Å². The van der Waals surface area contributed by atoms with Crippen molar-refractivity contribution in [2.24, 2.45) is 0 Å². The Morgan fingerprint density at radius 3 is 0.953 bits per heavy atom. The minimum absolute atomic E-state index is 0.343. The van der Waals surface area contributed by atoms with Crippen molar-refractivity contribution in [2.45, 2.75) is 33.1 Å². The van der Waals surface area contributed by atoms with Gasteiger partial charge in [-0.2, -0.15) is 0 Å². The number of hydrogen-bond donors (Lipinski definition) is 2. The van der Waals surface area contributed by atoms with Gasteiger partial charge in [0.15, 0.2) is 0 Å². The van der Waals surface area contributed by atoms with Gasteiger partial charge < -0.3 is 10.2 Å². The topological polar surface area (TPSA) is 40.5 Å².